The molecule has 2 fully saturated rings. The van der Waals surface area contributed by atoms with Crippen LogP contribution in [0.15, 0.2) is 36.7 Å². The van der Waals surface area contributed by atoms with Crippen LogP contribution in [0.1, 0.15) is 35.6 Å². The number of benzene rings is 1. The van der Waals surface area contributed by atoms with Crippen LogP contribution in [-0.2, 0) is 5.41 Å². The Bertz CT molecular complexity index is 1270. The number of halogens is 1. The smallest absolute Gasteiger partial charge is 0.259 e. The number of fused-ring (bicyclic) bond motifs is 1. The van der Waals surface area contributed by atoms with E-state index in [0.717, 1.165) is 5.69 Å². The van der Waals surface area contributed by atoms with Crippen LogP contribution >= 0.6 is 0 Å². The van der Waals surface area contributed by atoms with E-state index in [2.05, 4.69) is 31.1 Å². The second-order valence-electron chi connectivity index (χ2n) is 9.52. The summed E-state index contributed by atoms with van der Waals surface area (Å²) >= 11 is 0. The molecule has 2 saturated heterocycles. The van der Waals surface area contributed by atoms with Crippen LogP contribution in [0.4, 0.5) is 10.3 Å². The predicted octanol–water partition coefficient (Wildman–Crippen LogP) is 2.51. The largest absolute Gasteiger partial charge is 0.340 e. The average Bonchev–Trinajstić information content (AvgIpc) is 3.55. The van der Waals surface area contributed by atoms with Gasteiger partial charge in [-0.2, -0.15) is 20.3 Å². The number of rotatable bonds is 4. The van der Waals surface area contributed by atoms with Crippen molar-refractivity contribution >= 4 is 11.9 Å². The Balaban J connectivity index is 1.34. The number of anilines is 1. The molecule has 2 atom stereocenters. The van der Waals surface area contributed by atoms with E-state index in [0.29, 0.717) is 43.5 Å². The number of hydrogen-bond acceptors (Lipinski definition) is 7. The molecule has 0 saturated carbocycles. The van der Waals surface area contributed by atoms with Gasteiger partial charge in [0.1, 0.15) is 17.1 Å². The number of hydrogen-bond donors (Lipinski definition) is 0. The highest BCUT2D eigenvalue weighted by atomic mass is 19.1. The zero-order chi connectivity index (χ0) is 24.0. The third-order valence-electron chi connectivity index (χ3n) is 6.66. The average molecular weight is 461 g/mol. The molecule has 2 aliphatic rings. The maximum absolute atomic E-state index is 14.8. The van der Waals surface area contributed by atoms with E-state index < -0.39 is 11.2 Å². The molecule has 174 valence electrons. The number of likely N-dealkylation sites (tertiary alicyclic amines) is 1. The zero-order valence-electron chi connectivity index (χ0n) is 19.3. The number of aryl methyl sites for hydroxylation is 1. The molecule has 2 aromatic heterocycles. The first-order valence-corrected chi connectivity index (χ1v) is 11.2. The number of nitrogens with zero attached hydrogens (tertiary/aromatic N) is 8. The molecule has 1 amide bonds. The summed E-state index contributed by atoms with van der Waals surface area (Å²) in [5, 5.41) is 17.6. The third kappa shape index (κ3) is 3.77. The monoisotopic (exact) mass is 460 g/mol. The van der Waals surface area contributed by atoms with Gasteiger partial charge >= 0.3 is 0 Å². The van der Waals surface area contributed by atoms with E-state index in [4.69, 9.17) is 0 Å². The van der Waals surface area contributed by atoms with E-state index >= 15 is 0 Å². The highest BCUT2D eigenvalue weighted by Crippen LogP contribution is 2.35. The molecule has 0 radical (unpaired) electrons. The number of carbonyl (C=O) groups excluding carboxylic acids is 1. The fraction of sp³-hybridized carbons (Fsp3) is 0.417. The van der Waals surface area contributed by atoms with Gasteiger partial charge in [-0.3, -0.25) is 4.79 Å². The molecule has 0 spiro atoms. The standard InChI is InChI=1S/C24H25FN8O/c1-15-9-20(24(2,3)14-26)30-23(29-15)32-12-16-10-31(11-17(16)13-32)22(34)21-18(25)5-4-6-19(21)33-27-7-8-28-33/h4-9,16-17H,10-13H2,1-3H3. The molecule has 9 nitrogen and oxygen atoms in total. The minimum Gasteiger partial charge on any atom is -0.340 e. The molecular weight excluding hydrogens is 435 g/mol. The summed E-state index contributed by atoms with van der Waals surface area (Å²) < 4.78 is 14.8. The summed E-state index contributed by atoms with van der Waals surface area (Å²) in [5.41, 5.74) is 1.12. The second kappa shape index (κ2) is 8.17. The van der Waals surface area contributed by atoms with Gasteiger partial charge in [-0.15, -0.1) is 0 Å². The van der Waals surface area contributed by atoms with Crippen LogP contribution in [0.25, 0.3) is 5.69 Å². The summed E-state index contributed by atoms with van der Waals surface area (Å²) in [5.74, 6) is 0.152. The van der Waals surface area contributed by atoms with Gasteiger partial charge < -0.3 is 9.80 Å². The van der Waals surface area contributed by atoms with Crippen molar-refractivity contribution in [2.24, 2.45) is 11.8 Å². The van der Waals surface area contributed by atoms with Crippen molar-refractivity contribution in [3.63, 3.8) is 0 Å². The Hall–Kier alpha value is -3.87. The van der Waals surface area contributed by atoms with Gasteiger partial charge in [-0.25, -0.2) is 14.4 Å². The lowest BCUT2D eigenvalue weighted by Crippen LogP contribution is -2.35. The van der Waals surface area contributed by atoms with Gasteiger partial charge in [-0.05, 0) is 39.0 Å². The van der Waals surface area contributed by atoms with E-state index in [-0.39, 0.29) is 23.3 Å². The van der Waals surface area contributed by atoms with Gasteiger partial charge in [0.25, 0.3) is 5.91 Å². The molecule has 2 aliphatic heterocycles. The number of carbonyl (C=O) groups is 1. The Morgan fingerprint density at radius 1 is 1.12 bits per heavy atom. The van der Waals surface area contributed by atoms with Crippen molar-refractivity contribution in [1.29, 1.82) is 5.26 Å². The fourth-order valence-electron chi connectivity index (χ4n) is 4.78. The van der Waals surface area contributed by atoms with Crippen LogP contribution in [0.3, 0.4) is 0 Å². The molecular formula is C24H25FN8O. The highest BCUT2D eigenvalue weighted by Gasteiger charge is 2.43. The number of amides is 1. The molecule has 0 bridgehead atoms. The zero-order valence-corrected chi connectivity index (χ0v) is 19.3. The van der Waals surface area contributed by atoms with E-state index in [1.165, 1.54) is 23.3 Å². The summed E-state index contributed by atoms with van der Waals surface area (Å²) in [7, 11) is 0. The van der Waals surface area contributed by atoms with Crippen molar-refractivity contribution < 1.29 is 9.18 Å². The van der Waals surface area contributed by atoms with Crippen molar-refractivity contribution in [2.75, 3.05) is 31.1 Å². The first-order chi connectivity index (χ1) is 16.3. The van der Waals surface area contributed by atoms with Crippen LogP contribution in [0.5, 0.6) is 0 Å². The van der Waals surface area contributed by atoms with Gasteiger partial charge in [0.15, 0.2) is 0 Å². The molecule has 0 aliphatic carbocycles. The van der Waals surface area contributed by atoms with E-state index in [1.54, 1.807) is 17.0 Å². The topological polar surface area (TPSA) is 104 Å². The summed E-state index contributed by atoms with van der Waals surface area (Å²) in [4.78, 5) is 27.8. The van der Waals surface area contributed by atoms with Gasteiger partial charge in [-0.1, -0.05) is 6.07 Å². The fourth-order valence-corrected chi connectivity index (χ4v) is 4.78. The summed E-state index contributed by atoms with van der Waals surface area (Å²) in [6.45, 7) is 8.06. The SMILES string of the molecule is Cc1cc(C(C)(C)C#N)nc(N2CC3CN(C(=O)c4c(F)cccc4-n4nccn4)CC3C2)n1. The Morgan fingerprint density at radius 3 is 2.44 bits per heavy atom. The summed E-state index contributed by atoms with van der Waals surface area (Å²) in [6.07, 6.45) is 2.98. The molecule has 0 N–H and O–H groups in total. The molecule has 2 unspecified atom stereocenters. The second-order valence-corrected chi connectivity index (χ2v) is 9.52. The molecule has 5 rings (SSSR count). The van der Waals surface area contributed by atoms with Crippen molar-refractivity contribution in [3.8, 4) is 11.8 Å². The lowest BCUT2D eigenvalue weighted by Gasteiger charge is -2.24. The minimum absolute atomic E-state index is 0.0130. The lowest BCUT2D eigenvalue weighted by molar-refractivity contribution is 0.0777. The van der Waals surface area contributed by atoms with Crippen LogP contribution < -0.4 is 4.90 Å². The first-order valence-electron chi connectivity index (χ1n) is 11.2. The van der Waals surface area contributed by atoms with Crippen molar-refractivity contribution in [3.05, 3.63) is 59.4 Å². The first kappa shape index (κ1) is 21.9. The third-order valence-corrected chi connectivity index (χ3v) is 6.66. The Kier molecular flexibility index (Phi) is 5.27. The maximum Gasteiger partial charge on any atom is 0.259 e. The molecule has 3 aromatic rings. The molecule has 4 heterocycles. The van der Waals surface area contributed by atoms with Gasteiger partial charge in [0.05, 0.1) is 29.6 Å². The van der Waals surface area contributed by atoms with Crippen LogP contribution in [0, 0.1) is 35.9 Å². The molecule has 34 heavy (non-hydrogen) atoms. The van der Waals surface area contributed by atoms with Gasteiger partial charge in [0.2, 0.25) is 5.95 Å². The van der Waals surface area contributed by atoms with Crippen molar-refractivity contribution in [2.45, 2.75) is 26.2 Å². The normalized spacial score (nSPS) is 19.9. The highest BCUT2D eigenvalue weighted by molar-refractivity contribution is 5.98. The molecule has 10 heteroatoms. The van der Waals surface area contributed by atoms with Crippen LogP contribution in [0.2, 0.25) is 0 Å². The summed E-state index contributed by atoms with van der Waals surface area (Å²) in [6, 6.07) is 8.63. The lowest BCUT2D eigenvalue weighted by atomic mass is 9.91. The molecule has 1 aromatic carbocycles. The van der Waals surface area contributed by atoms with Crippen molar-refractivity contribution in [1.82, 2.24) is 29.9 Å². The minimum atomic E-state index is -0.706. The van der Waals surface area contributed by atoms with E-state index in [9.17, 15) is 14.4 Å². The number of nitriles is 1. The maximum atomic E-state index is 14.8. The van der Waals surface area contributed by atoms with Gasteiger partial charge in [0, 0.05) is 43.7 Å². The van der Waals surface area contributed by atoms with Crippen LogP contribution in [-0.4, -0.2) is 61.9 Å². The van der Waals surface area contributed by atoms with E-state index in [1.807, 2.05) is 26.8 Å². The Labute approximate surface area is 196 Å². The predicted molar refractivity (Wildman–Crippen MR) is 122 cm³/mol. The Morgan fingerprint density at radius 2 is 1.79 bits per heavy atom. The quantitative estimate of drug-likeness (QED) is 0.589. The number of aromatic nitrogens is 5.